The number of benzene rings is 1. The van der Waals surface area contributed by atoms with Crippen molar-refractivity contribution in [2.24, 2.45) is 0 Å². The van der Waals surface area contributed by atoms with Crippen LogP contribution in [0.2, 0.25) is 5.02 Å². The first-order chi connectivity index (χ1) is 7.66. The van der Waals surface area contributed by atoms with Gasteiger partial charge in [0.2, 0.25) is 11.8 Å². The van der Waals surface area contributed by atoms with Gasteiger partial charge in [-0.15, -0.1) is 10.2 Å². The van der Waals surface area contributed by atoms with E-state index in [1.807, 2.05) is 18.2 Å². The molecule has 0 amide bonds. The molecular weight excluding hydrogens is 293 g/mol. The van der Waals surface area contributed by atoms with Gasteiger partial charge < -0.3 is 9.73 Å². The molecule has 2 aromatic rings. The summed E-state index contributed by atoms with van der Waals surface area (Å²) in [7, 11) is 0. The molecule has 0 fully saturated rings. The van der Waals surface area contributed by atoms with Crippen LogP contribution in [-0.4, -0.2) is 10.2 Å². The fourth-order valence-corrected chi connectivity index (χ4v) is 1.80. The second kappa shape index (κ2) is 4.84. The van der Waals surface area contributed by atoms with E-state index in [0.29, 0.717) is 23.3 Å². The molecule has 1 N–H and O–H groups in total. The first-order valence-electron chi connectivity index (χ1n) is 4.63. The Balaban J connectivity index is 2.07. The molecule has 16 heavy (non-hydrogen) atoms. The minimum atomic E-state index is 0.472. The number of halogens is 2. The lowest BCUT2D eigenvalue weighted by molar-refractivity contribution is 0.475. The minimum absolute atomic E-state index is 0.472. The van der Waals surface area contributed by atoms with Crippen LogP contribution in [0.1, 0.15) is 11.8 Å². The maximum absolute atomic E-state index is 5.96. The molecule has 6 heteroatoms. The van der Waals surface area contributed by atoms with Gasteiger partial charge in [-0.25, -0.2) is 0 Å². The number of rotatable bonds is 3. The summed E-state index contributed by atoms with van der Waals surface area (Å²) >= 11 is 9.36. The van der Waals surface area contributed by atoms with Gasteiger partial charge in [0.05, 0.1) is 21.7 Å². The van der Waals surface area contributed by atoms with E-state index in [1.165, 1.54) is 0 Å². The molecule has 0 bridgehead atoms. The molecule has 0 aliphatic carbocycles. The van der Waals surface area contributed by atoms with E-state index in [4.69, 9.17) is 16.0 Å². The van der Waals surface area contributed by atoms with Crippen molar-refractivity contribution in [3.8, 4) is 0 Å². The minimum Gasteiger partial charge on any atom is -0.424 e. The molecule has 0 aliphatic heterocycles. The zero-order chi connectivity index (χ0) is 11.5. The van der Waals surface area contributed by atoms with Crippen molar-refractivity contribution in [1.29, 1.82) is 0 Å². The average molecular weight is 303 g/mol. The van der Waals surface area contributed by atoms with Crippen LogP contribution in [0.5, 0.6) is 0 Å². The molecule has 0 spiro atoms. The van der Waals surface area contributed by atoms with Gasteiger partial charge >= 0.3 is 0 Å². The van der Waals surface area contributed by atoms with Gasteiger partial charge in [0.25, 0.3) is 0 Å². The number of nitrogens with one attached hydrogen (secondary N) is 1. The number of aryl methyl sites for hydroxylation is 1. The molecule has 0 radical (unpaired) electrons. The van der Waals surface area contributed by atoms with Crippen LogP contribution in [0.15, 0.2) is 27.1 Å². The van der Waals surface area contributed by atoms with E-state index in [1.54, 1.807) is 6.92 Å². The molecule has 0 atom stereocenters. The zero-order valence-electron chi connectivity index (χ0n) is 8.50. The summed E-state index contributed by atoms with van der Waals surface area (Å²) in [6.45, 7) is 2.23. The molecule has 84 valence electrons. The summed E-state index contributed by atoms with van der Waals surface area (Å²) in [5.41, 5.74) is 0.892. The standard InChI is InChI=1S/C10H9BrClN3O/c1-6-14-15-9(16-6)5-13-8-4-2-3-7(12)10(8)11/h2-4,13H,5H2,1H3. The van der Waals surface area contributed by atoms with E-state index in [0.717, 1.165) is 10.2 Å². The lowest BCUT2D eigenvalue weighted by Gasteiger charge is -2.06. The van der Waals surface area contributed by atoms with E-state index in [2.05, 4.69) is 31.4 Å². The van der Waals surface area contributed by atoms with E-state index < -0.39 is 0 Å². The molecule has 1 aromatic carbocycles. The maximum atomic E-state index is 5.96. The molecule has 4 nitrogen and oxygen atoms in total. The Kier molecular flexibility index (Phi) is 3.46. The lowest BCUT2D eigenvalue weighted by Crippen LogP contribution is -2.00. The molecule has 0 saturated carbocycles. The number of hydrogen-bond donors (Lipinski definition) is 1. The van der Waals surface area contributed by atoms with Crippen LogP contribution in [0, 0.1) is 6.92 Å². The lowest BCUT2D eigenvalue weighted by atomic mass is 10.3. The summed E-state index contributed by atoms with van der Waals surface area (Å²) in [6, 6.07) is 5.60. The van der Waals surface area contributed by atoms with E-state index in [9.17, 15) is 0 Å². The van der Waals surface area contributed by atoms with Crippen LogP contribution in [0.3, 0.4) is 0 Å². The summed E-state index contributed by atoms with van der Waals surface area (Å²) in [5, 5.41) is 11.4. The first-order valence-corrected chi connectivity index (χ1v) is 5.81. The fourth-order valence-electron chi connectivity index (χ4n) is 1.22. The van der Waals surface area contributed by atoms with Crippen LogP contribution in [0.4, 0.5) is 5.69 Å². The quantitative estimate of drug-likeness (QED) is 0.944. The summed E-state index contributed by atoms with van der Waals surface area (Å²) in [6.07, 6.45) is 0. The van der Waals surface area contributed by atoms with Gasteiger partial charge in [0, 0.05) is 6.92 Å². The van der Waals surface area contributed by atoms with E-state index >= 15 is 0 Å². The second-order valence-electron chi connectivity index (χ2n) is 3.17. The average Bonchev–Trinajstić information content (AvgIpc) is 2.67. The predicted molar refractivity (Wildman–Crippen MR) is 65.5 cm³/mol. The first kappa shape index (κ1) is 11.4. The highest BCUT2D eigenvalue weighted by molar-refractivity contribution is 9.10. The largest absolute Gasteiger partial charge is 0.424 e. The Morgan fingerprint density at radius 1 is 1.44 bits per heavy atom. The second-order valence-corrected chi connectivity index (χ2v) is 4.37. The zero-order valence-corrected chi connectivity index (χ0v) is 10.8. The molecule has 0 aliphatic rings. The third-order valence-electron chi connectivity index (χ3n) is 1.95. The predicted octanol–water partition coefficient (Wildman–Crippen LogP) is 3.41. The molecule has 2 rings (SSSR count). The highest BCUT2D eigenvalue weighted by Crippen LogP contribution is 2.30. The van der Waals surface area contributed by atoms with Crippen LogP contribution in [0.25, 0.3) is 0 Å². The molecule has 0 saturated heterocycles. The van der Waals surface area contributed by atoms with E-state index in [-0.39, 0.29) is 0 Å². The monoisotopic (exact) mass is 301 g/mol. The Bertz CT molecular complexity index is 501. The van der Waals surface area contributed by atoms with Crippen LogP contribution < -0.4 is 5.32 Å². The van der Waals surface area contributed by atoms with Crippen molar-refractivity contribution in [1.82, 2.24) is 10.2 Å². The molecular formula is C10H9BrClN3O. The number of aromatic nitrogens is 2. The van der Waals surface area contributed by atoms with Gasteiger partial charge in [-0.2, -0.15) is 0 Å². The third kappa shape index (κ3) is 2.54. The molecule has 0 unspecified atom stereocenters. The topological polar surface area (TPSA) is 51.0 Å². The Hall–Kier alpha value is -1.07. The van der Waals surface area contributed by atoms with Crippen molar-refractivity contribution in [3.05, 3.63) is 39.5 Å². The van der Waals surface area contributed by atoms with Gasteiger partial charge in [-0.1, -0.05) is 17.7 Å². The number of nitrogens with zero attached hydrogens (tertiary/aromatic N) is 2. The van der Waals surface area contributed by atoms with Gasteiger partial charge in [-0.05, 0) is 28.1 Å². The highest BCUT2D eigenvalue weighted by Gasteiger charge is 2.05. The van der Waals surface area contributed by atoms with Gasteiger partial charge in [0.1, 0.15) is 0 Å². The normalized spacial score (nSPS) is 10.4. The Morgan fingerprint density at radius 2 is 2.25 bits per heavy atom. The number of hydrogen-bond acceptors (Lipinski definition) is 4. The van der Waals surface area contributed by atoms with Crippen molar-refractivity contribution < 1.29 is 4.42 Å². The number of anilines is 1. The third-order valence-corrected chi connectivity index (χ3v) is 3.35. The Labute approximate surface area is 106 Å². The highest BCUT2D eigenvalue weighted by atomic mass is 79.9. The smallest absolute Gasteiger partial charge is 0.235 e. The molecule has 1 heterocycles. The van der Waals surface area contributed by atoms with Crippen molar-refractivity contribution in [3.63, 3.8) is 0 Å². The fraction of sp³-hybridized carbons (Fsp3) is 0.200. The maximum Gasteiger partial charge on any atom is 0.235 e. The Morgan fingerprint density at radius 3 is 2.94 bits per heavy atom. The van der Waals surface area contributed by atoms with Gasteiger partial charge in [0.15, 0.2) is 0 Å². The van der Waals surface area contributed by atoms with Crippen molar-refractivity contribution >= 4 is 33.2 Å². The van der Waals surface area contributed by atoms with Crippen LogP contribution in [-0.2, 0) is 6.54 Å². The van der Waals surface area contributed by atoms with Crippen molar-refractivity contribution in [2.75, 3.05) is 5.32 Å². The summed E-state index contributed by atoms with van der Waals surface area (Å²) < 4.78 is 6.07. The summed E-state index contributed by atoms with van der Waals surface area (Å²) in [4.78, 5) is 0. The molecule has 1 aromatic heterocycles. The SMILES string of the molecule is Cc1nnc(CNc2cccc(Cl)c2Br)o1. The van der Waals surface area contributed by atoms with Gasteiger partial charge in [-0.3, -0.25) is 0 Å². The van der Waals surface area contributed by atoms with Crippen molar-refractivity contribution in [2.45, 2.75) is 13.5 Å². The van der Waals surface area contributed by atoms with Crippen LogP contribution >= 0.6 is 27.5 Å². The summed E-state index contributed by atoms with van der Waals surface area (Å²) in [5.74, 6) is 1.10.